The molecule has 0 amide bonds. The molecule has 2 heterocycles. The molecule has 3 fully saturated rings. The van der Waals surface area contributed by atoms with Gasteiger partial charge < -0.3 is 19.1 Å². The van der Waals surface area contributed by atoms with Crippen LogP contribution in [0.25, 0.3) is 10.4 Å². The van der Waals surface area contributed by atoms with Gasteiger partial charge in [-0.2, -0.15) is 5.09 Å². The number of carbonyl (C=O) groups is 1. The first-order chi connectivity index (χ1) is 20.5. The number of nitrogens with one attached hydrogen (secondary N) is 2. The molecule has 3 N–H and O–H groups in total. The number of para-hydroxylation sites is 1. The van der Waals surface area contributed by atoms with Crippen molar-refractivity contribution in [2.24, 2.45) is 5.11 Å². The van der Waals surface area contributed by atoms with E-state index >= 15 is 4.39 Å². The zero-order valence-electron chi connectivity index (χ0n) is 23.2. The fourth-order valence-corrected chi connectivity index (χ4v) is 7.15. The lowest BCUT2D eigenvalue weighted by atomic mass is 9.93. The summed E-state index contributed by atoms with van der Waals surface area (Å²) in [5, 5.41) is 17.2. The van der Waals surface area contributed by atoms with Crippen molar-refractivity contribution in [1.82, 2.24) is 14.6 Å². The quantitative estimate of drug-likeness (QED) is 0.104. The maximum atomic E-state index is 16.1. The van der Waals surface area contributed by atoms with Gasteiger partial charge in [-0.1, -0.05) is 29.7 Å². The number of aromatic amines is 1. The van der Waals surface area contributed by atoms with Crippen molar-refractivity contribution < 1.29 is 37.4 Å². The minimum atomic E-state index is -4.47. The van der Waals surface area contributed by atoms with E-state index in [0.717, 1.165) is 48.9 Å². The molecule has 5 rings (SSSR count). The van der Waals surface area contributed by atoms with E-state index in [1.54, 1.807) is 18.2 Å². The summed E-state index contributed by atoms with van der Waals surface area (Å²) in [4.78, 5) is 41.2. The number of aliphatic hydroxyl groups is 1. The smallest absolute Gasteiger partial charge is 0.459 e. The van der Waals surface area contributed by atoms with Gasteiger partial charge in [0.15, 0.2) is 5.67 Å². The topological polar surface area (TPSA) is 207 Å². The molecule has 17 heteroatoms. The van der Waals surface area contributed by atoms with Crippen LogP contribution in [0.15, 0.2) is 57.3 Å². The van der Waals surface area contributed by atoms with Crippen LogP contribution in [0.3, 0.4) is 0 Å². The van der Waals surface area contributed by atoms with E-state index in [1.165, 1.54) is 19.1 Å². The Morgan fingerprint density at radius 1 is 1.30 bits per heavy atom. The maximum Gasteiger partial charge on any atom is 0.459 e. The minimum Gasteiger partial charge on any atom is -0.461 e. The van der Waals surface area contributed by atoms with E-state index in [9.17, 15) is 24.1 Å². The Morgan fingerprint density at radius 2 is 2.02 bits per heavy atom. The van der Waals surface area contributed by atoms with Crippen molar-refractivity contribution in [3.8, 4) is 5.75 Å². The highest BCUT2D eigenvalue weighted by molar-refractivity contribution is 7.52. The minimum absolute atomic E-state index is 0.116. The van der Waals surface area contributed by atoms with E-state index in [-0.39, 0.29) is 11.9 Å². The van der Waals surface area contributed by atoms with Gasteiger partial charge in [-0.05, 0) is 50.3 Å². The highest BCUT2D eigenvalue weighted by atomic mass is 31.2. The van der Waals surface area contributed by atoms with E-state index in [4.69, 9.17) is 24.1 Å². The molecule has 3 aliphatic rings. The van der Waals surface area contributed by atoms with E-state index in [0.29, 0.717) is 0 Å². The summed E-state index contributed by atoms with van der Waals surface area (Å²) in [5.41, 5.74) is 2.79. The molecule has 2 aliphatic carbocycles. The fraction of sp³-hybridized carbons (Fsp3) is 0.577. The Kier molecular flexibility index (Phi) is 8.80. The average Bonchev–Trinajstić information content (AvgIpc) is 3.49. The molecule has 2 saturated carbocycles. The number of aromatic nitrogens is 2. The number of benzene rings is 1. The van der Waals surface area contributed by atoms with Crippen LogP contribution < -0.4 is 20.9 Å². The Hall–Kier alpha value is -3.52. The number of hydrogen-bond acceptors (Lipinski definition) is 10. The van der Waals surface area contributed by atoms with Crippen LogP contribution in [0.2, 0.25) is 0 Å². The van der Waals surface area contributed by atoms with Crippen molar-refractivity contribution in [2.45, 2.75) is 80.7 Å². The number of ether oxygens (including phenoxy) is 2. The van der Waals surface area contributed by atoms with E-state index < -0.39 is 73.7 Å². The first-order valence-electron chi connectivity index (χ1n) is 13.9. The molecule has 7 atom stereocenters. The molecule has 0 radical (unpaired) electrons. The number of esters is 1. The molecule has 0 spiro atoms. The number of carbonyl (C=O) groups excluding carboxylic acids is 1. The van der Waals surface area contributed by atoms with Crippen LogP contribution in [0, 0.1) is 0 Å². The molecule has 2 aromatic rings. The van der Waals surface area contributed by atoms with Crippen LogP contribution in [0.1, 0.15) is 45.1 Å². The predicted molar refractivity (Wildman–Crippen MR) is 148 cm³/mol. The van der Waals surface area contributed by atoms with Crippen LogP contribution >= 0.6 is 7.75 Å². The van der Waals surface area contributed by atoms with Gasteiger partial charge >= 0.3 is 19.4 Å². The third kappa shape index (κ3) is 6.26. The second kappa shape index (κ2) is 12.2. The number of hydrogen-bond donors (Lipinski definition) is 3. The fourth-order valence-electron chi connectivity index (χ4n) is 5.60. The average molecular weight is 623 g/mol. The van der Waals surface area contributed by atoms with Gasteiger partial charge in [-0.15, -0.1) is 0 Å². The molecule has 43 heavy (non-hydrogen) atoms. The van der Waals surface area contributed by atoms with E-state index in [1.807, 2.05) is 4.98 Å². The van der Waals surface area contributed by atoms with Crippen molar-refractivity contribution in [1.29, 1.82) is 0 Å². The molecule has 1 aromatic carbocycles. The third-order valence-electron chi connectivity index (χ3n) is 7.89. The lowest BCUT2D eigenvalue weighted by molar-refractivity contribution is -0.152. The molecule has 1 aromatic heterocycles. The summed E-state index contributed by atoms with van der Waals surface area (Å²) in [5.74, 6) is -0.558. The largest absolute Gasteiger partial charge is 0.461 e. The summed E-state index contributed by atoms with van der Waals surface area (Å²) in [6.07, 6.45) is 1.77. The summed E-state index contributed by atoms with van der Waals surface area (Å²) >= 11 is 0. The predicted octanol–water partition coefficient (Wildman–Crippen LogP) is 2.67. The van der Waals surface area contributed by atoms with Gasteiger partial charge in [0.1, 0.15) is 41.7 Å². The van der Waals surface area contributed by atoms with E-state index in [2.05, 4.69) is 15.1 Å². The Morgan fingerprint density at radius 3 is 2.65 bits per heavy atom. The number of H-pyrrole nitrogens is 1. The standard InChI is InChI=1S/C26H32FN6O9P/c1-16(22(35)40-17-8-4-2-5-9-17)31-43(38,42-18-10-6-3-7-11-18)39-15-25(14-29-32-28)23(36)26(27)20(21(26)41-25)33-13-12-19(34)30-24(33)37/h3,6-7,10-13,16-17,20-21,23,36H,2,4-5,8-9,14-15H2,1H3,(H,31,38)(H,30,34,37)/t16?,20?,21-,23+,25+,26+,43?/m0/s1. The second-order valence-electron chi connectivity index (χ2n) is 10.9. The van der Waals surface area contributed by atoms with Gasteiger partial charge in [0, 0.05) is 17.2 Å². The first kappa shape index (κ1) is 30.9. The Bertz CT molecular complexity index is 1550. The molecule has 1 aliphatic heterocycles. The molecule has 3 unspecified atom stereocenters. The van der Waals surface area contributed by atoms with Gasteiger partial charge in [0.05, 0.1) is 13.2 Å². The normalized spacial score (nSPS) is 30.3. The monoisotopic (exact) mass is 622 g/mol. The number of halogens is 1. The van der Waals surface area contributed by atoms with Crippen molar-refractivity contribution >= 4 is 13.7 Å². The lowest BCUT2D eigenvalue weighted by Crippen LogP contribution is -2.53. The number of azide groups is 1. The number of aliphatic hydroxyl groups excluding tert-OH is 1. The second-order valence-corrected chi connectivity index (χ2v) is 12.6. The molecular formula is C26H32FN6O9P. The van der Waals surface area contributed by atoms with Gasteiger partial charge in [0.25, 0.3) is 5.56 Å². The van der Waals surface area contributed by atoms with Gasteiger partial charge in [-0.3, -0.25) is 23.7 Å². The number of rotatable bonds is 12. The lowest BCUT2D eigenvalue weighted by Gasteiger charge is -2.35. The number of nitrogens with zero attached hydrogens (tertiary/aromatic N) is 4. The van der Waals surface area contributed by atoms with Crippen molar-refractivity contribution in [2.75, 3.05) is 13.2 Å². The van der Waals surface area contributed by atoms with Crippen LogP contribution in [0.4, 0.5) is 4.39 Å². The zero-order valence-corrected chi connectivity index (χ0v) is 24.1. The number of fused-ring (bicyclic) bond motifs is 1. The molecule has 1 saturated heterocycles. The molecule has 0 bridgehead atoms. The Labute approximate surface area is 244 Å². The van der Waals surface area contributed by atoms with Gasteiger partial charge in [-0.25, -0.2) is 13.8 Å². The van der Waals surface area contributed by atoms with Crippen molar-refractivity contribution in [3.63, 3.8) is 0 Å². The molecular weight excluding hydrogens is 590 g/mol. The summed E-state index contributed by atoms with van der Waals surface area (Å²) < 4.78 is 53.7. The molecule has 15 nitrogen and oxygen atoms in total. The number of alkyl halides is 1. The highest BCUT2D eigenvalue weighted by Gasteiger charge is 2.83. The van der Waals surface area contributed by atoms with Crippen molar-refractivity contribution in [3.05, 3.63) is 73.9 Å². The van der Waals surface area contributed by atoms with Gasteiger partial charge in [0.2, 0.25) is 0 Å². The maximum absolute atomic E-state index is 16.1. The van der Waals surface area contributed by atoms with Crippen LogP contribution in [-0.4, -0.2) is 69.4 Å². The Balaban J connectivity index is 1.35. The molecule has 232 valence electrons. The SMILES string of the molecule is CC(NP(=O)(OC[C@@]1(CN=[N+]=[N-])O[C@H]2C(n3ccc(=O)[nH]c3=O)[C@]2(F)[C@@H]1O)Oc1ccccc1)C(=O)OC1CCCCC1. The third-order valence-corrected chi connectivity index (χ3v) is 9.51. The summed E-state index contributed by atoms with van der Waals surface area (Å²) in [7, 11) is -4.47. The summed E-state index contributed by atoms with van der Waals surface area (Å²) in [6, 6.07) is 6.49. The van der Waals surface area contributed by atoms with Crippen LogP contribution in [0.5, 0.6) is 5.75 Å². The first-order valence-corrected chi connectivity index (χ1v) is 15.4. The van der Waals surface area contributed by atoms with Crippen LogP contribution in [-0.2, 0) is 23.4 Å². The summed E-state index contributed by atoms with van der Waals surface area (Å²) in [6.45, 7) is -0.0146. The highest BCUT2D eigenvalue weighted by Crippen LogP contribution is 2.64. The zero-order chi connectivity index (χ0) is 30.8.